The molecule has 1 aliphatic heterocycles. The first-order chi connectivity index (χ1) is 9.88. The van der Waals surface area contributed by atoms with Crippen LogP contribution in [0.3, 0.4) is 0 Å². The molecule has 1 aromatic carbocycles. The van der Waals surface area contributed by atoms with Crippen LogP contribution in [-0.2, 0) is 0 Å². The lowest BCUT2D eigenvalue weighted by molar-refractivity contribution is 0.169. The highest BCUT2D eigenvalue weighted by atomic mass is 16.4. The van der Waals surface area contributed by atoms with Gasteiger partial charge in [0.1, 0.15) is 0 Å². The highest BCUT2D eigenvalue weighted by Crippen LogP contribution is 2.31. The molecule has 1 N–H and O–H groups in total. The molecule has 0 amide bonds. The minimum absolute atomic E-state index is 0.394. The minimum Gasteiger partial charge on any atom is -0.411 e. The van der Waals surface area contributed by atoms with Crippen LogP contribution < -0.4 is 0 Å². The molecule has 3 heteroatoms. The van der Waals surface area contributed by atoms with Gasteiger partial charge in [-0.25, -0.2) is 0 Å². The maximum absolute atomic E-state index is 9.18. The van der Waals surface area contributed by atoms with E-state index < -0.39 is 0 Å². The highest BCUT2D eigenvalue weighted by Gasteiger charge is 2.30. The number of hydrogen-bond acceptors (Lipinski definition) is 3. The molecule has 1 aliphatic carbocycles. The Labute approximate surface area is 121 Å². The predicted octanol–water partition coefficient (Wildman–Crippen LogP) is 3.64. The predicted molar refractivity (Wildman–Crippen MR) is 81.5 cm³/mol. The Morgan fingerprint density at radius 3 is 2.45 bits per heavy atom. The summed E-state index contributed by atoms with van der Waals surface area (Å²) in [4.78, 5) is 2.54. The van der Waals surface area contributed by atoms with Crippen LogP contribution in [0.5, 0.6) is 0 Å². The van der Waals surface area contributed by atoms with Crippen LogP contribution in [0, 0.1) is 0 Å². The first kappa shape index (κ1) is 13.6. The molecule has 20 heavy (non-hydrogen) atoms. The summed E-state index contributed by atoms with van der Waals surface area (Å²) < 4.78 is 0. The van der Waals surface area contributed by atoms with Gasteiger partial charge in [0.25, 0.3) is 0 Å². The van der Waals surface area contributed by atoms with Crippen LogP contribution in [-0.4, -0.2) is 35.0 Å². The van der Waals surface area contributed by atoms with Gasteiger partial charge in [0.2, 0.25) is 0 Å². The second-order valence-corrected chi connectivity index (χ2v) is 6.07. The molecule has 1 saturated heterocycles. The Bertz CT molecular complexity index is 449. The van der Waals surface area contributed by atoms with E-state index in [0.717, 1.165) is 31.6 Å². The van der Waals surface area contributed by atoms with E-state index in [2.05, 4.69) is 40.4 Å². The fourth-order valence-electron chi connectivity index (χ4n) is 3.76. The summed E-state index contributed by atoms with van der Waals surface area (Å²) in [6.45, 7) is 2.26. The first-order valence-electron chi connectivity index (χ1n) is 7.88. The molecule has 3 nitrogen and oxygen atoms in total. The summed E-state index contributed by atoms with van der Waals surface area (Å²) in [7, 11) is 0. The summed E-state index contributed by atoms with van der Waals surface area (Å²) in [5.41, 5.74) is 2.49. The molecule has 0 aromatic heterocycles. The van der Waals surface area contributed by atoms with E-state index >= 15 is 0 Å². The number of nitrogens with zero attached hydrogens (tertiary/aromatic N) is 2. The topological polar surface area (TPSA) is 35.8 Å². The van der Waals surface area contributed by atoms with Crippen LogP contribution in [0.2, 0.25) is 0 Å². The SMILES string of the molecule is O/N=C1\CCCC[C@H]1N1CCC(c2ccccc2)CC1. The van der Waals surface area contributed by atoms with Crippen molar-refractivity contribution >= 4 is 5.71 Å². The highest BCUT2D eigenvalue weighted by molar-refractivity contribution is 5.89. The number of piperidine rings is 1. The Hall–Kier alpha value is -1.35. The largest absolute Gasteiger partial charge is 0.411 e. The van der Waals surface area contributed by atoms with Gasteiger partial charge in [0.15, 0.2) is 0 Å². The first-order valence-corrected chi connectivity index (χ1v) is 7.88. The van der Waals surface area contributed by atoms with Crippen molar-refractivity contribution in [1.82, 2.24) is 4.90 Å². The molecule has 0 radical (unpaired) electrons. The molecule has 1 atom stereocenters. The third-order valence-corrected chi connectivity index (χ3v) is 4.91. The standard InChI is InChI=1S/C17H24N2O/c20-18-16-8-4-5-9-17(16)19-12-10-15(11-13-19)14-6-2-1-3-7-14/h1-3,6-7,15,17,20H,4-5,8-13H2/b18-16+/t17-/m1/s1. The van der Waals surface area contributed by atoms with Crippen molar-refractivity contribution in [2.45, 2.75) is 50.5 Å². The van der Waals surface area contributed by atoms with Crippen LogP contribution in [0.4, 0.5) is 0 Å². The van der Waals surface area contributed by atoms with Crippen molar-refractivity contribution in [3.05, 3.63) is 35.9 Å². The third-order valence-electron chi connectivity index (χ3n) is 4.91. The van der Waals surface area contributed by atoms with Crippen molar-refractivity contribution in [1.29, 1.82) is 0 Å². The Morgan fingerprint density at radius 2 is 1.75 bits per heavy atom. The van der Waals surface area contributed by atoms with Gasteiger partial charge >= 0.3 is 0 Å². The van der Waals surface area contributed by atoms with Crippen LogP contribution in [0.1, 0.15) is 50.0 Å². The summed E-state index contributed by atoms with van der Waals surface area (Å²) in [6, 6.07) is 11.3. The maximum atomic E-state index is 9.18. The molecular formula is C17H24N2O. The van der Waals surface area contributed by atoms with Crippen molar-refractivity contribution in [3.8, 4) is 0 Å². The van der Waals surface area contributed by atoms with Crippen molar-refractivity contribution in [3.63, 3.8) is 0 Å². The van der Waals surface area contributed by atoms with E-state index in [1.54, 1.807) is 0 Å². The van der Waals surface area contributed by atoms with Gasteiger partial charge < -0.3 is 5.21 Å². The van der Waals surface area contributed by atoms with E-state index in [0.29, 0.717) is 12.0 Å². The summed E-state index contributed by atoms with van der Waals surface area (Å²) in [5.74, 6) is 0.700. The maximum Gasteiger partial charge on any atom is 0.0742 e. The molecule has 0 bridgehead atoms. The summed E-state index contributed by atoms with van der Waals surface area (Å²) in [6.07, 6.45) is 7.02. The lowest BCUT2D eigenvalue weighted by Crippen LogP contribution is -2.46. The molecule has 2 fully saturated rings. The van der Waals surface area contributed by atoms with Crippen LogP contribution in [0.25, 0.3) is 0 Å². The second kappa shape index (κ2) is 6.40. The zero-order valence-electron chi connectivity index (χ0n) is 12.0. The summed E-state index contributed by atoms with van der Waals surface area (Å²) >= 11 is 0. The van der Waals surface area contributed by atoms with Gasteiger partial charge in [-0.3, -0.25) is 4.90 Å². The van der Waals surface area contributed by atoms with Gasteiger partial charge in [-0.05, 0) is 56.7 Å². The van der Waals surface area contributed by atoms with Crippen molar-refractivity contribution in [2.24, 2.45) is 5.16 Å². The fourth-order valence-corrected chi connectivity index (χ4v) is 3.76. The van der Waals surface area contributed by atoms with Gasteiger partial charge in [-0.15, -0.1) is 0 Å². The van der Waals surface area contributed by atoms with Gasteiger partial charge in [0.05, 0.1) is 11.8 Å². The summed E-state index contributed by atoms with van der Waals surface area (Å²) in [5, 5.41) is 12.7. The zero-order chi connectivity index (χ0) is 13.8. The quantitative estimate of drug-likeness (QED) is 0.659. The lowest BCUT2D eigenvalue weighted by atomic mass is 9.86. The molecule has 1 heterocycles. The lowest BCUT2D eigenvalue weighted by Gasteiger charge is -2.39. The van der Waals surface area contributed by atoms with Gasteiger partial charge in [-0.1, -0.05) is 41.9 Å². The molecular weight excluding hydrogens is 248 g/mol. The Morgan fingerprint density at radius 1 is 1.00 bits per heavy atom. The Kier molecular flexibility index (Phi) is 4.36. The molecule has 3 rings (SSSR count). The molecule has 0 spiro atoms. The van der Waals surface area contributed by atoms with Crippen LogP contribution in [0.15, 0.2) is 35.5 Å². The number of benzene rings is 1. The van der Waals surface area contributed by atoms with E-state index in [4.69, 9.17) is 0 Å². The van der Waals surface area contributed by atoms with Gasteiger partial charge in [0, 0.05) is 0 Å². The van der Waals surface area contributed by atoms with E-state index in [1.807, 2.05) is 0 Å². The average molecular weight is 272 g/mol. The molecule has 108 valence electrons. The van der Waals surface area contributed by atoms with Crippen molar-refractivity contribution < 1.29 is 5.21 Å². The van der Waals surface area contributed by atoms with E-state index in [-0.39, 0.29) is 0 Å². The normalized spacial score (nSPS) is 27.8. The second-order valence-electron chi connectivity index (χ2n) is 6.07. The average Bonchev–Trinajstić information content (AvgIpc) is 2.56. The minimum atomic E-state index is 0.394. The van der Waals surface area contributed by atoms with Crippen LogP contribution >= 0.6 is 0 Å². The fraction of sp³-hybridized carbons (Fsp3) is 0.588. The monoisotopic (exact) mass is 272 g/mol. The number of likely N-dealkylation sites (tertiary alicyclic amines) is 1. The Balaban J connectivity index is 1.61. The van der Waals surface area contributed by atoms with E-state index in [1.165, 1.54) is 31.2 Å². The zero-order valence-corrected chi connectivity index (χ0v) is 12.0. The molecule has 2 aliphatic rings. The number of rotatable bonds is 2. The molecule has 1 saturated carbocycles. The smallest absolute Gasteiger partial charge is 0.0742 e. The van der Waals surface area contributed by atoms with E-state index in [9.17, 15) is 5.21 Å². The van der Waals surface area contributed by atoms with Crippen molar-refractivity contribution in [2.75, 3.05) is 13.1 Å². The molecule has 1 aromatic rings. The van der Waals surface area contributed by atoms with Gasteiger partial charge in [-0.2, -0.15) is 0 Å². The number of oxime groups is 1. The molecule has 0 unspecified atom stereocenters. The number of hydrogen-bond donors (Lipinski definition) is 1. The third kappa shape index (κ3) is 2.88.